The van der Waals surface area contributed by atoms with Crippen molar-refractivity contribution in [2.45, 2.75) is 130 Å². The standard InChI is InChI=1S/2C15H25O.2ClH.Ti/c2*1-15(2,3)16-13-9-5-4-6-10-14-11-7-8-12-14;;;/h2*7,12H,4-6,8-10,13H2,1-3H3;2*1H;/q2*-1;;;+2/p-2. The minimum absolute atomic E-state index is 0.0222. The summed E-state index contributed by atoms with van der Waals surface area (Å²) in [5.74, 6) is 0. The third-order valence-electron chi connectivity index (χ3n) is 5.29. The Balaban J connectivity index is 0.000000594. The molecule has 0 saturated carbocycles. The van der Waals surface area contributed by atoms with Crippen molar-refractivity contribution in [1.82, 2.24) is 0 Å². The van der Waals surface area contributed by atoms with E-state index in [-0.39, 0.29) is 11.2 Å². The number of unbranched alkanes of at least 4 members (excludes halogenated alkanes) is 6. The van der Waals surface area contributed by atoms with Gasteiger partial charge in [-0.15, -0.1) is 0 Å². The van der Waals surface area contributed by atoms with Gasteiger partial charge in [-0.3, -0.25) is 0 Å². The molecule has 0 bridgehead atoms. The molecular formula is C30H50Cl2O2Ti-2. The van der Waals surface area contributed by atoms with Gasteiger partial charge in [0.1, 0.15) is 0 Å². The summed E-state index contributed by atoms with van der Waals surface area (Å²) in [5.41, 5.74) is 9.44. The van der Waals surface area contributed by atoms with Crippen LogP contribution in [-0.4, -0.2) is 24.4 Å². The Morgan fingerprint density at radius 1 is 0.686 bits per heavy atom. The number of hydrogen-bond donors (Lipinski definition) is 0. The van der Waals surface area contributed by atoms with Crippen LogP contribution in [0, 0.1) is 12.8 Å². The van der Waals surface area contributed by atoms with Crippen molar-refractivity contribution in [3.63, 3.8) is 0 Å². The minimum atomic E-state index is -0.556. The molecule has 0 atom stereocenters. The van der Waals surface area contributed by atoms with Gasteiger partial charge in [-0.2, -0.15) is 23.3 Å². The van der Waals surface area contributed by atoms with Gasteiger partial charge in [-0.05, 0) is 54.4 Å². The first kappa shape index (κ1) is 35.0. The molecule has 0 aromatic rings. The maximum atomic E-state index is 5.68. The number of allylic oxidation sites excluding steroid dienone is 2. The summed E-state index contributed by atoms with van der Waals surface area (Å²) in [6, 6.07) is 0. The summed E-state index contributed by atoms with van der Waals surface area (Å²) in [6.07, 6.45) is 23.6. The van der Waals surface area contributed by atoms with Gasteiger partial charge in [0.2, 0.25) is 0 Å². The van der Waals surface area contributed by atoms with Crippen LogP contribution in [0.25, 0.3) is 0 Å². The fourth-order valence-corrected chi connectivity index (χ4v) is 3.55. The first-order valence-corrected chi connectivity index (χ1v) is 17.7. The molecule has 2 aliphatic carbocycles. The number of ether oxygens (including phenoxy) is 2. The first-order valence-electron chi connectivity index (χ1n) is 13.4. The summed E-state index contributed by atoms with van der Waals surface area (Å²) < 4.78 is 11.4. The molecule has 0 N–H and O–H groups in total. The normalized spacial score (nSPS) is 14.2. The SMILES string of the molecule is CC(C)(C)OCCCCCCC1=C=CC[CH-]1.CC(C)(C)OCCCCCCC1=C=CC[CH-]1.[Cl][Ti][Cl]. The van der Waals surface area contributed by atoms with E-state index in [1.807, 2.05) is 0 Å². The van der Waals surface area contributed by atoms with Crippen LogP contribution in [-0.2, 0) is 26.5 Å². The molecule has 35 heavy (non-hydrogen) atoms. The second kappa shape index (κ2) is 22.0. The molecule has 0 aliphatic heterocycles. The molecule has 2 aliphatic rings. The van der Waals surface area contributed by atoms with Crippen molar-refractivity contribution in [3.05, 3.63) is 47.6 Å². The average molecular weight is 562 g/mol. The Labute approximate surface area is 234 Å². The summed E-state index contributed by atoms with van der Waals surface area (Å²) in [7, 11) is 9.78. The molecule has 0 aromatic carbocycles. The van der Waals surface area contributed by atoms with Gasteiger partial charge in [0.25, 0.3) is 0 Å². The zero-order valence-corrected chi connectivity index (χ0v) is 26.4. The molecule has 0 fully saturated rings. The van der Waals surface area contributed by atoms with E-state index in [1.54, 1.807) is 0 Å². The van der Waals surface area contributed by atoms with Gasteiger partial charge >= 0.3 is 35.6 Å². The summed E-state index contributed by atoms with van der Waals surface area (Å²) in [4.78, 5) is 0. The zero-order valence-electron chi connectivity index (χ0n) is 23.3. The van der Waals surface area contributed by atoms with Crippen LogP contribution in [0.5, 0.6) is 0 Å². The van der Waals surface area contributed by atoms with Crippen LogP contribution in [0.1, 0.15) is 119 Å². The van der Waals surface area contributed by atoms with Crippen LogP contribution < -0.4 is 0 Å². The van der Waals surface area contributed by atoms with E-state index >= 15 is 0 Å². The van der Waals surface area contributed by atoms with Crippen molar-refractivity contribution in [2.24, 2.45) is 0 Å². The van der Waals surface area contributed by atoms with Crippen molar-refractivity contribution < 1.29 is 26.5 Å². The van der Waals surface area contributed by atoms with E-state index in [9.17, 15) is 0 Å². The van der Waals surface area contributed by atoms with Crippen molar-refractivity contribution in [1.29, 1.82) is 0 Å². The molecule has 0 heterocycles. The first-order chi connectivity index (χ1) is 16.6. The van der Waals surface area contributed by atoms with Gasteiger partial charge in [0.05, 0.1) is 11.2 Å². The van der Waals surface area contributed by atoms with Crippen molar-refractivity contribution >= 4 is 18.6 Å². The molecule has 0 unspecified atom stereocenters. The molecule has 0 spiro atoms. The van der Waals surface area contributed by atoms with Gasteiger partial charge in [-0.25, -0.2) is 12.8 Å². The zero-order chi connectivity index (χ0) is 26.4. The van der Waals surface area contributed by atoms with E-state index in [0.717, 1.165) is 26.1 Å². The Morgan fingerprint density at radius 3 is 1.31 bits per heavy atom. The van der Waals surface area contributed by atoms with Crippen molar-refractivity contribution in [3.8, 4) is 0 Å². The molecule has 5 heteroatoms. The fourth-order valence-electron chi connectivity index (χ4n) is 3.55. The monoisotopic (exact) mass is 560 g/mol. The van der Waals surface area contributed by atoms with Gasteiger partial charge in [0, 0.05) is 13.2 Å². The van der Waals surface area contributed by atoms with E-state index in [2.05, 4.69) is 78.0 Å². The molecular weight excluding hydrogens is 511 g/mol. The van der Waals surface area contributed by atoms with Crippen LogP contribution in [0.2, 0.25) is 0 Å². The van der Waals surface area contributed by atoms with E-state index in [1.165, 1.54) is 75.4 Å². The second-order valence-corrected chi connectivity index (χ2v) is 13.5. The Kier molecular flexibility index (Phi) is 22.0. The van der Waals surface area contributed by atoms with Crippen LogP contribution in [0.4, 0.5) is 0 Å². The predicted octanol–water partition coefficient (Wildman–Crippen LogP) is 10.3. The van der Waals surface area contributed by atoms with Gasteiger partial charge < -0.3 is 20.9 Å². The molecule has 0 radical (unpaired) electrons. The molecule has 2 rings (SSSR count). The van der Waals surface area contributed by atoms with E-state index in [0.29, 0.717) is 0 Å². The summed E-state index contributed by atoms with van der Waals surface area (Å²) in [5, 5.41) is 0. The third kappa shape index (κ3) is 26.9. The Morgan fingerprint density at radius 2 is 1.03 bits per heavy atom. The molecule has 0 amide bonds. The maximum absolute atomic E-state index is 5.68. The second-order valence-electron chi connectivity index (χ2n) is 10.9. The molecule has 2 nitrogen and oxygen atoms in total. The fraction of sp³-hybridized carbons (Fsp3) is 0.733. The molecule has 202 valence electrons. The predicted molar refractivity (Wildman–Crippen MR) is 150 cm³/mol. The summed E-state index contributed by atoms with van der Waals surface area (Å²) >= 11 is -0.556. The van der Waals surface area contributed by atoms with E-state index < -0.39 is 17.0 Å². The average Bonchev–Trinajstić information content (AvgIpc) is 3.46. The van der Waals surface area contributed by atoms with Crippen LogP contribution >= 0.6 is 18.6 Å². The Bertz CT molecular complexity index is 590. The third-order valence-corrected chi connectivity index (χ3v) is 5.29. The van der Waals surface area contributed by atoms with Gasteiger partial charge in [-0.1, -0.05) is 64.2 Å². The van der Waals surface area contributed by atoms with E-state index in [4.69, 9.17) is 28.1 Å². The summed E-state index contributed by atoms with van der Waals surface area (Å²) in [6.45, 7) is 14.5. The number of halogens is 2. The van der Waals surface area contributed by atoms with Crippen LogP contribution in [0.15, 0.2) is 34.8 Å². The van der Waals surface area contributed by atoms with Crippen molar-refractivity contribution in [2.75, 3.05) is 13.2 Å². The van der Waals surface area contributed by atoms with Crippen LogP contribution in [0.3, 0.4) is 0 Å². The molecule has 0 aromatic heterocycles. The quantitative estimate of drug-likeness (QED) is 0.0909. The number of rotatable bonds is 14. The Hall–Kier alpha value is -0.00571. The topological polar surface area (TPSA) is 18.5 Å². The van der Waals surface area contributed by atoms with Gasteiger partial charge in [0.15, 0.2) is 0 Å². The molecule has 0 saturated heterocycles. The number of hydrogen-bond acceptors (Lipinski definition) is 2.